The number of nitrogens with two attached hydrogens (primary N) is 1. The van der Waals surface area contributed by atoms with Gasteiger partial charge in [0.1, 0.15) is 0 Å². The smallest absolute Gasteiger partial charge is 0.311 e. The first-order valence-corrected chi connectivity index (χ1v) is 6.86. The van der Waals surface area contributed by atoms with E-state index in [0.29, 0.717) is 18.5 Å². The predicted molar refractivity (Wildman–Crippen MR) is 74.1 cm³/mol. The number of carboxylic acid groups (broad SMARTS) is 1. The number of nitrogen functional groups attached to an aromatic ring is 1. The molecule has 4 N–H and O–H groups in total. The van der Waals surface area contributed by atoms with Crippen molar-refractivity contribution < 1.29 is 14.7 Å². The number of hydrogen-bond donors (Lipinski definition) is 3. The molecule has 2 aliphatic carbocycles. The van der Waals surface area contributed by atoms with Crippen molar-refractivity contribution in [3.8, 4) is 0 Å². The van der Waals surface area contributed by atoms with Crippen molar-refractivity contribution in [2.24, 2.45) is 5.41 Å². The zero-order valence-electron chi connectivity index (χ0n) is 11.2. The Kier molecular flexibility index (Phi) is 2.74. The molecule has 0 unspecified atom stereocenters. The highest BCUT2D eigenvalue weighted by atomic mass is 16.4. The van der Waals surface area contributed by atoms with Crippen LogP contribution in [0.5, 0.6) is 0 Å². The average molecular weight is 274 g/mol. The van der Waals surface area contributed by atoms with Gasteiger partial charge in [-0.15, -0.1) is 0 Å². The van der Waals surface area contributed by atoms with Gasteiger partial charge >= 0.3 is 5.97 Å². The Morgan fingerprint density at radius 3 is 2.20 bits per heavy atom. The van der Waals surface area contributed by atoms with Crippen LogP contribution in [-0.2, 0) is 15.0 Å². The number of anilines is 1. The summed E-state index contributed by atoms with van der Waals surface area (Å²) in [5.41, 5.74) is 6.11. The van der Waals surface area contributed by atoms with Crippen LogP contribution in [0.25, 0.3) is 0 Å². The number of amides is 1. The van der Waals surface area contributed by atoms with E-state index in [1.54, 1.807) is 12.1 Å². The summed E-state index contributed by atoms with van der Waals surface area (Å²) in [6.45, 7) is 0.234. The molecule has 0 radical (unpaired) electrons. The third-order valence-corrected chi connectivity index (χ3v) is 4.54. The second kappa shape index (κ2) is 4.23. The summed E-state index contributed by atoms with van der Waals surface area (Å²) < 4.78 is 0. The second-order valence-electron chi connectivity index (χ2n) is 5.97. The first-order chi connectivity index (χ1) is 9.48. The number of carbonyl (C=O) groups excluding carboxylic acids is 1. The van der Waals surface area contributed by atoms with Crippen LogP contribution in [-0.4, -0.2) is 23.5 Å². The number of aliphatic carboxylic acids is 1. The Balaban J connectivity index is 1.68. The lowest BCUT2D eigenvalue weighted by atomic mass is 9.94. The molecule has 1 aromatic carbocycles. The number of rotatable bonds is 5. The molecule has 0 spiro atoms. The SMILES string of the molecule is Nc1ccc(C2(C(=O)NCC3(C(=O)O)CC3)CC2)cc1. The van der Waals surface area contributed by atoms with E-state index >= 15 is 0 Å². The van der Waals surface area contributed by atoms with Crippen molar-refractivity contribution in [2.75, 3.05) is 12.3 Å². The topological polar surface area (TPSA) is 92.4 Å². The van der Waals surface area contributed by atoms with Gasteiger partial charge in [0.25, 0.3) is 0 Å². The van der Waals surface area contributed by atoms with Crippen LogP contribution >= 0.6 is 0 Å². The minimum Gasteiger partial charge on any atom is -0.481 e. The standard InChI is InChI=1S/C15H18N2O3/c16-11-3-1-10(2-4-11)15(7-8-15)12(18)17-9-14(5-6-14)13(19)20/h1-4H,5-9,16H2,(H,17,18)(H,19,20). The zero-order chi connectivity index (χ0) is 14.4. The van der Waals surface area contributed by atoms with Gasteiger partial charge in [-0.25, -0.2) is 0 Å². The molecule has 0 atom stereocenters. The maximum atomic E-state index is 12.4. The van der Waals surface area contributed by atoms with E-state index in [-0.39, 0.29) is 12.5 Å². The van der Waals surface area contributed by atoms with E-state index in [2.05, 4.69) is 5.32 Å². The van der Waals surface area contributed by atoms with Gasteiger partial charge in [0.05, 0.1) is 10.8 Å². The van der Waals surface area contributed by atoms with E-state index in [1.165, 1.54) is 0 Å². The molecule has 0 aliphatic heterocycles. The molecule has 20 heavy (non-hydrogen) atoms. The monoisotopic (exact) mass is 274 g/mol. The normalized spacial score (nSPS) is 21.0. The van der Waals surface area contributed by atoms with Gasteiger partial charge in [-0.2, -0.15) is 0 Å². The summed E-state index contributed by atoms with van der Waals surface area (Å²) in [5.74, 6) is -0.870. The number of carbonyl (C=O) groups is 2. The summed E-state index contributed by atoms with van der Waals surface area (Å²) in [6, 6.07) is 7.35. The van der Waals surface area contributed by atoms with E-state index in [1.807, 2.05) is 12.1 Å². The number of nitrogens with one attached hydrogen (secondary N) is 1. The van der Waals surface area contributed by atoms with E-state index in [9.17, 15) is 9.59 Å². The summed E-state index contributed by atoms with van der Waals surface area (Å²) >= 11 is 0. The molecule has 5 nitrogen and oxygen atoms in total. The van der Waals surface area contributed by atoms with Gasteiger partial charge < -0.3 is 16.2 Å². The fraction of sp³-hybridized carbons (Fsp3) is 0.467. The first-order valence-electron chi connectivity index (χ1n) is 6.86. The van der Waals surface area contributed by atoms with Gasteiger partial charge in [-0.05, 0) is 43.4 Å². The van der Waals surface area contributed by atoms with E-state index in [0.717, 1.165) is 18.4 Å². The van der Waals surface area contributed by atoms with Crippen molar-refractivity contribution in [1.29, 1.82) is 0 Å². The molecule has 0 heterocycles. The van der Waals surface area contributed by atoms with Crippen molar-refractivity contribution >= 4 is 17.6 Å². The van der Waals surface area contributed by atoms with Crippen LogP contribution in [0.4, 0.5) is 5.69 Å². The highest BCUT2D eigenvalue weighted by Crippen LogP contribution is 2.49. The Labute approximate surface area is 117 Å². The largest absolute Gasteiger partial charge is 0.481 e. The van der Waals surface area contributed by atoms with Crippen LogP contribution in [0.2, 0.25) is 0 Å². The molecule has 5 heteroatoms. The molecular weight excluding hydrogens is 256 g/mol. The summed E-state index contributed by atoms with van der Waals surface area (Å²) in [4.78, 5) is 23.5. The molecule has 0 bridgehead atoms. The van der Waals surface area contributed by atoms with E-state index in [4.69, 9.17) is 10.8 Å². The summed E-state index contributed by atoms with van der Waals surface area (Å²) in [7, 11) is 0. The highest BCUT2D eigenvalue weighted by Gasteiger charge is 2.54. The van der Waals surface area contributed by atoms with Gasteiger partial charge in [0.15, 0.2) is 0 Å². The molecule has 2 saturated carbocycles. The first kappa shape index (κ1) is 13.0. The minimum atomic E-state index is -0.810. The molecule has 2 aliphatic rings. The van der Waals surface area contributed by atoms with Crippen LogP contribution in [0.15, 0.2) is 24.3 Å². The van der Waals surface area contributed by atoms with Crippen LogP contribution in [0, 0.1) is 5.41 Å². The highest BCUT2D eigenvalue weighted by molar-refractivity contribution is 5.92. The Bertz CT molecular complexity index is 557. The fourth-order valence-electron chi connectivity index (χ4n) is 2.61. The average Bonchev–Trinajstić information content (AvgIpc) is 3.31. The summed E-state index contributed by atoms with van der Waals surface area (Å²) in [6.07, 6.45) is 2.92. The molecule has 3 rings (SSSR count). The van der Waals surface area contributed by atoms with Crippen molar-refractivity contribution in [3.63, 3.8) is 0 Å². The predicted octanol–water partition coefficient (Wildman–Crippen LogP) is 1.28. The van der Waals surface area contributed by atoms with Gasteiger partial charge in [-0.3, -0.25) is 9.59 Å². The van der Waals surface area contributed by atoms with Gasteiger partial charge in [0, 0.05) is 12.2 Å². The van der Waals surface area contributed by atoms with Crippen LogP contribution in [0.1, 0.15) is 31.2 Å². The van der Waals surface area contributed by atoms with Crippen molar-refractivity contribution in [2.45, 2.75) is 31.1 Å². The maximum absolute atomic E-state index is 12.4. The Morgan fingerprint density at radius 1 is 1.15 bits per heavy atom. The second-order valence-corrected chi connectivity index (χ2v) is 5.97. The maximum Gasteiger partial charge on any atom is 0.311 e. The van der Waals surface area contributed by atoms with Crippen molar-refractivity contribution in [1.82, 2.24) is 5.32 Å². The number of hydrogen-bond acceptors (Lipinski definition) is 3. The van der Waals surface area contributed by atoms with Gasteiger partial charge in [-0.1, -0.05) is 12.1 Å². The molecular formula is C15H18N2O3. The fourth-order valence-corrected chi connectivity index (χ4v) is 2.61. The summed E-state index contributed by atoms with van der Waals surface area (Å²) in [5, 5.41) is 11.9. The third kappa shape index (κ3) is 2.03. The Morgan fingerprint density at radius 2 is 1.75 bits per heavy atom. The number of carboxylic acids is 1. The lowest BCUT2D eigenvalue weighted by molar-refractivity contribution is -0.143. The minimum absolute atomic E-state index is 0.0604. The molecule has 0 saturated heterocycles. The Hall–Kier alpha value is -2.04. The quantitative estimate of drug-likeness (QED) is 0.705. The van der Waals surface area contributed by atoms with Crippen molar-refractivity contribution in [3.05, 3.63) is 29.8 Å². The molecule has 1 amide bonds. The van der Waals surface area contributed by atoms with Crippen LogP contribution < -0.4 is 11.1 Å². The van der Waals surface area contributed by atoms with Crippen LogP contribution in [0.3, 0.4) is 0 Å². The van der Waals surface area contributed by atoms with E-state index < -0.39 is 16.8 Å². The lowest BCUT2D eigenvalue weighted by Crippen LogP contribution is -2.40. The molecule has 106 valence electrons. The molecule has 0 aromatic heterocycles. The molecule has 1 aromatic rings. The molecule has 2 fully saturated rings. The number of benzene rings is 1. The van der Waals surface area contributed by atoms with Gasteiger partial charge in [0.2, 0.25) is 5.91 Å². The third-order valence-electron chi connectivity index (χ3n) is 4.54. The lowest BCUT2D eigenvalue weighted by Gasteiger charge is -2.18. The zero-order valence-corrected chi connectivity index (χ0v) is 11.2.